The van der Waals surface area contributed by atoms with E-state index < -0.39 is 12.9 Å². The van der Waals surface area contributed by atoms with Crippen LogP contribution in [0.2, 0.25) is 5.02 Å². The average Bonchev–Trinajstić information content (AvgIpc) is 2.70. The summed E-state index contributed by atoms with van der Waals surface area (Å²) < 4.78 is 33.5. The van der Waals surface area contributed by atoms with Gasteiger partial charge in [0.2, 0.25) is 0 Å². The quantitative estimate of drug-likeness (QED) is 0.201. The Hall–Kier alpha value is -0.280. The van der Waals surface area contributed by atoms with Crippen molar-refractivity contribution in [1.82, 2.24) is 5.09 Å². The van der Waals surface area contributed by atoms with Crippen molar-refractivity contribution in [2.75, 3.05) is 47.2 Å². The molecular formula is C20H35ClNO6PS. The van der Waals surface area contributed by atoms with Crippen LogP contribution in [0.3, 0.4) is 0 Å². The van der Waals surface area contributed by atoms with Crippen LogP contribution in [0.1, 0.15) is 39.5 Å². The Labute approximate surface area is 190 Å². The largest absolute Gasteiger partial charge is 0.492 e. The van der Waals surface area contributed by atoms with Gasteiger partial charge < -0.3 is 28.0 Å². The molecule has 0 radical (unpaired) electrons. The molecule has 0 saturated heterocycles. The molecule has 1 aromatic carbocycles. The number of hydrogen-bond acceptors (Lipinski definition) is 7. The minimum atomic E-state index is -2.63. The molecule has 1 N–H and O–H groups in total. The fourth-order valence-corrected chi connectivity index (χ4v) is 5.30. The number of ether oxygens (including phenoxy) is 4. The zero-order valence-electron chi connectivity index (χ0n) is 18.7. The van der Waals surface area contributed by atoms with Crippen molar-refractivity contribution in [3.63, 3.8) is 0 Å². The van der Waals surface area contributed by atoms with E-state index in [1.807, 2.05) is 32.9 Å². The molecule has 7 nitrogen and oxygen atoms in total. The lowest BCUT2D eigenvalue weighted by Gasteiger charge is -2.26. The third-order valence-corrected chi connectivity index (χ3v) is 6.90. The van der Waals surface area contributed by atoms with Crippen molar-refractivity contribution in [3.05, 3.63) is 28.8 Å². The molecule has 30 heavy (non-hydrogen) atoms. The molecule has 0 saturated carbocycles. The normalized spacial score (nSPS) is 14.8. The van der Waals surface area contributed by atoms with Gasteiger partial charge in [0.05, 0.1) is 24.3 Å². The van der Waals surface area contributed by atoms with E-state index in [1.54, 1.807) is 20.3 Å². The second-order valence-corrected chi connectivity index (χ2v) is 10.6. The van der Waals surface area contributed by atoms with Gasteiger partial charge in [-0.15, -0.1) is 0 Å². The van der Waals surface area contributed by atoms with Crippen LogP contribution < -0.4 is 9.82 Å². The summed E-state index contributed by atoms with van der Waals surface area (Å²) in [6.07, 6.45) is -0.568. The van der Waals surface area contributed by atoms with Crippen LogP contribution in [-0.4, -0.2) is 53.3 Å². The van der Waals surface area contributed by atoms with Gasteiger partial charge in [-0.25, -0.2) is 5.09 Å². The van der Waals surface area contributed by atoms with Gasteiger partial charge in [-0.1, -0.05) is 18.5 Å². The Morgan fingerprint density at radius 1 is 1.13 bits per heavy atom. The van der Waals surface area contributed by atoms with Crippen LogP contribution in [0, 0.1) is 5.92 Å². The molecule has 0 heterocycles. The monoisotopic (exact) mass is 483 g/mol. The van der Waals surface area contributed by atoms with E-state index >= 15 is 0 Å². The zero-order chi connectivity index (χ0) is 22.6. The molecule has 2 atom stereocenters. The number of nitrogens with one attached hydrogen (secondary N) is 1. The number of benzene rings is 1. The highest BCUT2D eigenvalue weighted by molar-refractivity contribution is 8.09. The van der Waals surface area contributed by atoms with E-state index in [2.05, 4.69) is 12.0 Å². The first-order valence-corrected chi connectivity index (χ1v) is 13.0. The summed E-state index contributed by atoms with van der Waals surface area (Å²) in [7, 11) is 3.12. The Morgan fingerprint density at radius 2 is 1.83 bits per heavy atom. The lowest BCUT2D eigenvalue weighted by molar-refractivity contribution is -0.105. The predicted octanol–water partition coefficient (Wildman–Crippen LogP) is 4.94. The lowest BCUT2D eigenvalue weighted by Crippen LogP contribution is -2.24. The van der Waals surface area contributed by atoms with E-state index in [0.717, 1.165) is 5.56 Å². The lowest BCUT2D eigenvalue weighted by atomic mass is 10.2. The van der Waals surface area contributed by atoms with Crippen LogP contribution in [-0.2, 0) is 35.1 Å². The van der Waals surface area contributed by atoms with E-state index in [4.69, 9.17) is 51.4 Å². The van der Waals surface area contributed by atoms with E-state index in [1.165, 1.54) is 0 Å². The third kappa shape index (κ3) is 10.4. The van der Waals surface area contributed by atoms with Gasteiger partial charge in [-0.3, -0.25) is 0 Å². The van der Waals surface area contributed by atoms with Gasteiger partial charge in [0.25, 0.3) is 6.64 Å². The first-order chi connectivity index (χ1) is 14.2. The van der Waals surface area contributed by atoms with Crippen LogP contribution >= 0.6 is 18.2 Å². The Bertz CT molecular complexity index is 662. The van der Waals surface area contributed by atoms with Crippen molar-refractivity contribution in [3.8, 4) is 5.75 Å². The van der Waals surface area contributed by atoms with Crippen molar-refractivity contribution in [2.24, 2.45) is 5.92 Å². The summed E-state index contributed by atoms with van der Waals surface area (Å²) in [5, 5.41) is 3.72. The Morgan fingerprint density at radius 3 is 2.40 bits per heavy atom. The summed E-state index contributed by atoms with van der Waals surface area (Å²) in [6, 6.07) is 5.37. The molecule has 2 unspecified atom stereocenters. The van der Waals surface area contributed by atoms with Crippen LogP contribution in [0.15, 0.2) is 18.2 Å². The number of methoxy groups -OCH3 is 2. The summed E-state index contributed by atoms with van der Waals surface area (Å²) >= 11 is 12.0. The molecule has 174 valence electrons. The maximum absolute atomic E-state index is 6.31. The SMILES string of the molecule is CCOCC(C)COP(=S)(NCCOc1ccc(C(OC)OC)c(Cl)c1)OC(C)C. The van der Waals surface area contributed by atoms with E-state index in [0.29, 0.717) is 43.7 Å². The first kappa shape index (κ1) is 27.8. The fourth-order valence-electron chi connectivity index (χ4n) is 2.47. The van der Waals surface area contributed by atoms with E-state index in [9.17, 15) is 0 Å². The predicted molar refractivity (Wildman–Crippen MR) is 124 cm³/mol. The number of halogens is 1. The molecule has 0 aliphatic heterocycles. The number of rotatable bonds is 16. The van der Waals surface area contributed by atoms with Gasteiger partial charge in [0.1, 0.15) is 12.4 Å². The fraction of sp³-hybridized carbons (Fsp3) is 0.700. The second-order valence-electron chi connectivity index (χ2n) is 6.96. The highest BCUT2D eigenvalue weighted by atomic mass is 35.5. The standard InChI is InChI=1S/C20H35ClNO6PS/c1-7-25-13-16(4)14-27-29(30,28-15(2)3)22-10-11-26-17-8-9-18(19(21)12-17)20(23-5)24-6/h8-9,12,15-16,20H,7,10-11,13-14H2,1-6H3,(H,22,30). The summed E-state index contributed by atoms with van der Waals surface area (Å²) in [4.78, 5) is 0. The molecule has 0 aromatic heterocycles. The van der Waals surface area contributed by atoms with Crippen LogP contribution in [0.5, 0.6) is 5.75 Å². The molecule has 1 aromatic rings. The molecule has 0 fully saturated rings. The molecule has 10 heteroatoms. The van der Waals surface area contributed by atoms with Crippen molar-refractivity contribution in [2.45, 2.75) is 40.1 Å². The molecule has 0 spiro atoms. The minimum Gasteiger partial charge on any atom is -0.492 e. The van der Waals surface area contributed by atoms with Crippen LogP contribution in [0.4, 0.5) is 0 Å². The molecule has 0 amide bonds. The molecule has 0 aliphatic rings. The highest BCUT2D eigenvalue weighted by Gasteiger charge is 2.22. The number of hydrogen-bond donors (Lipinski definition) is 1. The summed E-state index contributed by atoms with van der Waals surface area (Å²) in [5.74, 6) is 0.866. The Balaban J connectivity index is 2.56. The summed E-state index contributed by atoms with van der Waals surface area (Å²) in [5.41, 5.74) is 0.738. The summed E-state index contributed by atoms with van der Waals surface area (Å²) in [6.45, 7) is 7.88. The van der Waals surface area contributed by atoms with Crippen molar-refractivity contribution in [1.29, 1.82) is 0 Å². The third-order valence-electron chi connectivity index (χ3n) is 3.82. The molecule has 0 aliphatic carbocycles. The first-order valence-electron chi connectivity index (χ1n) is 9.98. The molecule has 0 bridgehead atoms. The maximum atomic E-state index is 6.31. The van der Waals surface area contributed by atoms with Crippen LogP contribution in [0.25, 0.3) is 0 Å². The van der Waals surface area contributed by atoms with Crippen molar-refractivity contribution < 1.29 is 28.0 Å². The zero-order valence-corrected chi connectivity index (χ0v) is 21.1. The second kappa shape index (κ2) is 14.7. The average molecular weight is 484 g/mol. The van der Waals surface area contributed by atoms with Gasteiger partial charge in [-0.2, -0.15) is 0 Å². The molecular weight excluding hydrogens is 449 g/mol. The Kier molecular flexibility index (Phi) is 13.6. The van der Waals surface area contributed by atoms with Gasteiger partial charge >= 0.3 is 0 Å². The maximum Gasteiger partial charge on any atom is 0.261 e. The van der Waals surface area contributed by atoms with Gasteiger partial charge in [0.15, 0.2) is 6.29 Å². The topological polar surface area (TPSA) is 67.4 Å². The minimum absolute atomic E-state index is 0.0488. The van der Waals surface area contributed by atoms with Gasteiger partial charge in [0, 0.05) is 38.9 Å². The van der Waals surface area contributed by atoms with E-state index in [-0.39, 0.29) is 12.0 Å². The van der Waals surface area contributed by atoms with Crippen molar-refractivity contribution >= 4 is 30.1 Å². The smallest absolute Gasteiger partial charge is 0.261 e. The highest BCUT2D eigenvalue weighted by Crippen LogP contribution is 2.45. The molecule has 1 rings (SSSR count). The van der Waals surface area contributed by atoms with Gasteiger partial charge in [-0.05, 0) is 50.8 Å².